The molecule has 0 spiro atoms. The maximum Gasteiger partial charge on any atom is 0.419 e. The fraction of sp³-hybridized carbons (Fsp3) is 0.222. The fourth-order valence-electron chi connectivity index (χ4n) is 2.54. The lowest BCUT2D eigenvalue weighted by molar-refractivity contribution is -0.116. The van der Waals surface area contributed by atoms with Crippen LogP contribution in [0, 0.1) is 13.8 Å². The van der Waals surface area contributed by atoms with Crippen molar-refractivity contribution >= 4 is 22.7 Å². The number of aryl methyl sites for hydroxylation is 2. The lowest BCUT2D eigenvalue weighted by Crippen LogP contribution is -2.20. The van der Waals surface area contributed by atoms with Crippen LogP contribution in [-0.4, -0.2) is 10.5 Å². The highest BCUT2D eigenvalue weighted by Gasteiger charge is 2.11. The normalized spacial score (nSPS) is 10.9. The summed E-state index contributed by atoms with van der Waals surface area (Å²) < 4.78 is 6.64. The van der Waals surface area contributed by atoms with Crippen LogP contribution in [-0.2, 0) is 11.3 Å². The van der Waals surface area contributed by atoms with Gasteiger partial charge in [-0.05, 0) is 43.2 Å². The van der Waals surface area contributed by atoms with Crippen LogP contribution in [0.2, 0.25) is 0 Å². The molecule has 0 radical (unpaired) electrons. The van der Waals surface area contributed by atoms with Crippen LogP contribution in [0.3, 0.4) is 0 Å². The summed E-state index contributed by atoms with van der Waals surface area (Å²) in [4.78, 5) is 24.0. The van der Waals surface area contributed by atoms with Gasteiger partial charge in [-0.3, -0.25) is 9.36 Å². The Morgan fingerprint density at radius 2 is 1.91 bits per heavy atom. The average molecular weight is 310 g/mol. The minimum atomic E-state index is -0.439. The number of benzene rings is 2. The van der Waals surface area contributed by atoms with Gasteiger partial charge in [0.1, 0.15) is 0 Å². The minimum absolute atomic E-state index is 0.129. The highest BCUT2D eigenvalue weighted by atomic mass is 16.4. The summed E-state index contributed by atoms with van der Waals surface area (Å²) in [6, 6.07) is 13.0. The van der Waals surface area contributed by atoms with Gasteiger partial charge < -0.3 is 9.73 Å². The van der Waals surface area contributed by atoms with Gasteiger partial charge in [0, 0.05) is 18.7 Å². The Kier molecular flexibility index (Phi) is 4.02. The number of amides is 1. The first kappa shape index (κ1) is 15.1. The van der Waals surface area contributed by atoms with Crippen molar-refractivity contribution < 1.29 is 9.21 Å². The molecule has 1 amide bonds. The lowest BCUT2D eigenvalue weighted by Gasteiger charge is -2.10. The molecule has 0 aliphatic carbocycles. The summed E-state index contributed by atoms with van der Waals surface area (Å²) in [5, 5.41) is 2.90. The summed E-state index contributed by atoms with van der Waals surface area (Å²) in [5.74, 6) is -0.568. The molecule has 0 fully saturated rings. The molecule has 3 rings (SSSR count). The van der Waals surface area contributed by atoms with Gasteiger partial charge in [0.05, 0.1) is 5.52 Å². The lowest BCUT2D eigenvalue weighted by atomic mass is 10.1. The first-order valence-electron chi connectivity index (χ1n) is 7.50. The van der Waals surface area contributed by atoms with Crippen molar-refractivity contribution in [3.05, 3.63) is 64.1 Å². The van der Waals surface area contributed by atoms with Crippen LogP contribution in [0.4, 0.5) is 5.69 Å². The number of oxazole rings is 1. The predicted molar refractivity (Wildman–Crippen MR) is 89.6 cm³/mol. The second kappa shape index (κ2) is 6.12. The van der Waals surface area contributed by atoms with Gasteiger partial charge in [-0.1, -0.05) is 24.3 Å². The predicted octanol–water partition coefficient (Wildman–Crippen LogP) is 3.24. The van der Waals surface area contributed by atoms with E-state index in [0.29, 0.717) is 11.1 Å². The Bertz CT molecular complexity index is 921. The highest BCUT2D eigenvalue weighted by Crippen LogP contribution is 2.18. The van der Waals surface area contributed by atoms with Gasteiger partial charge in [0.2, 0.25) is 5.91 Å². The van der Waals surface area contributed by atoms with Gasteiger partial charge >= 0.3 is 5.76 Å². The van der Waals surface area contributed by atoms with Crippen LogP contribution in [0.1, 0.15) is 17.5 Å². The molecule has 0 saturated heterocycles. The standard InChI is InChI=1S/C18H18N2O3/c1-12-6-5-7-14(13(12)2)19-17(21)10-11-20-15-8-3-4-9-16(15)23-18(20)22/h3-9H,10-11H2,1-2H3,(H,19,21). The molecule has 5 heteroatoms. The van der Waals surface area contributed by atoms with Gasteiger partial charge in [-0.2, -0.15) is 0 Å². The zero-order valence-corrected chi connectivity index (χ0v) is 13.1. The van der Waals surface area contributed by atoms with E-state index in [1.54, 1.807) is 6.07 Å². The molecule has 118 valence electrons. The Hall–Kier alpha value is -2.82. The molecule has 1 N–H and O–H groups in total. The van der Waals surface area contributed by atoms with E-state index in [0.717, 1.165) is 16.8 Å². The second-order valence-corrected chi connectivity index (χ2v) is 5.53. The number of carbonyl (C=O) groups excluding carboxylic acids is 1. The molecule has 0 aliphatic heterocycles. The van der Waals surface area contributed by atoms with E-state index in [4.69, 9.17) is 4.42 Å². The molecule has 3 aromatic rings. The zero-order valence-electron chi connectivity index (χ0n) is 13.1. The zero-order chi connectivity index (χ0) is 16.4. The van der Waals surface area contributed by atoms with E-state index >= 15 is 0 Å². The molecular formula is C18H18N2O3. The summed E-state index contributed by atoms with van der Waals surface area (Å²) >= 11 is 0. The van der Waals surface area contributed by atoms with Gasteiger partial charge in [0.25, 0.3) is 0 Å². The first-order valence-corrected chi connectivity index (χ1v) is 7.50. The van der Waals surface area contributed by atoms with Crippen LogP contribution < -0.4 is 11.1 Å². The number of rotatable bonds is 4. The SMILES string of the molecule is Cc1cccc(NC(=O)CCn2c(=O)oc3ccccc32)c1C. The number of carbonyl (C=O) groups is 1. The molecular weight excluding hydrogens is 292 g/mol. The average Bonchev–Trinajstić information content (AvgIpc) is 2.85. The van der Waals surface area contributed by atoms with Gasteiger partial charge in [-0.25, -0.2) is 4.79 Å². The van der Waals surface area contributed by atoms with Crippen LogP contribution in [0.25, 0.3) is 11.1 Å². The molecule has 0 saturated carbocycles. The number of nitrogens with one attached hydrogen (secondary N) is 1. The number of anilines is 1. The maximum atomic E-state index is 12.2. The van der Waals surface area contributed by atoms with Crippen molar-refractivity contribution in [1.82, 2.24) is 4.57 Å². The van der Waals surface area contributed by atoms with Crippen molar-refractivity contribution in [3.8, 4) is 0 Å². The topological polar surface area (TPSA) is 64.2 Å². The van der Waals surface area contributed by atoms with E-state index in [1.807, 2.05) is 50.2 Å². The maximum absolute atomic E-state index is 12.2. The van der Waals surface area contributed by atoms with Crippen molar-refractivity contribution in [1.29, 1.82) is 0 Å². The molecule has 23 heavy (non-hydrogen) atoms. The van der Waals surface area contributed by atoms with Gasteiger partial charge in [0.15, 0.2) is 5.58 Å². The Morgan fingerprint density at radius 1 is 1.13 bits per heavy atom. The minimum Gasteiger partial charge on any atom is -0.408 e. The summed E-state index contributed by atoms with van der Waals surface area (Å²) in [7, 11) is 0. The molecule has 0 unspecified atom stereocenters. The molecule has 5 nitrogen and oxygen atoms in total. The summed E-state index contributed by atoms with van der Waals surface area (Å²) in [6.45, 7) is 4.26. The Labute approximate surface area is 133 Å². The fourth-order valence-corrected chi connectivity index (χ4v) is 2.54. The second-order valence-electron chi connectivity index (χ2n) is 5.53. The van der Waals surface area contributed by atoms with Crippen LogP contribution in [0.5, 0.6) is 0 Å². The largest absolute Gasteiger partial charge is 0.419 e. The molecule has 0 atom stereocenters. The first-order chi connectivity index (χ1) is 11.1. The van der Waals surface area contributed by atoms with Crippen LogP contribution >= 0.6 is 0 Å². The molecule has 0 bridgehead atoms. The summed E-state index contributed by atoms with van der Waals surface area (Å²) in [5.41, 5.74) is 4.22. The highest BCUT2D eigenvalue weighted by molar-refractivity contribution is 5.91. The number of hydrogen-bond donors (Lipinski definition) is 1. The molecule has 1 heterocycles. The Morgan fingerprint density at radius 3 is 2.74 bits per heavy atom. The van der Waals surface area contributed by atoms with E-state index in [9.17, 15) is 9.59 Å². The van der Waals surface area contributed by atoms with E-state index in [-0.39, 0.29) is 18.9 Å². The quantitative estimate of drug-likeness (QED) is 0.804. The number of fused-ring (bicyclic) bond motifs is 1. The number of aromatic nitrogens is 1. The van der Waals surface area contributed by atoms with Crippen molar-refractivity contribution in [3.63, 3.8) is 0 Å². The van der Waals surface area contributed by atoms with Gasteiger partial charge in [-0.15, -0.1) is 0 Å². The number of para-hydroxylation sites is 2. The monoisotopic (exact) mass is 310 g/mol. The third kappa shape index (κ3) is 3.04. The van der Waals surface area contributed by atoms with Crippen molar-refractivity contribution in [2.75, 3.05) is 5.32 Å². The summed E-state index contributed by atoms with van der Waals surface area (Å²) in [6.07, 6.45) is 0.205. The van der Waals surface area contributed by atoms with E-state index in [2.05, 4.69) is 5.32 Å². The third-order valence-electron chi connectivity index (χ3n) is 4.01. The van der Waals surface area contributed by atoms with Crippen molar-refractivity contribution in [2.45, 2.75) is 26.8 Å². The van der Waals surface area contributed by atoms with E-state index in [1.165, 1.54) is 4.57 Å². The number of hydrogen-bond acceptors (Lipinski definition) is 3. The van der Waals surface area contributed by atoms with Crippen LogP contribution in [0.15, 0.2) is 51.7 Å². The van der Waals surface area contributed by atoms with Crippen molar-refractivity contribution in [2.24, 2.45) is 0 Å². The van der Waals surface area contributed by atoms with E-state index < -0.39 is 5.76 Å². The molecule has 0 aliphatic rings. The molecule has 1 aromatic heterocycles. The number of nitrogens with zero attached hydrogens (tertiary/aromatic N) is 1. The molecule has 2 aromatic carbocycles. The Balaban J connectivity index is 1.72. The third-order valence-corrected chi connectivity index (χ3v) is 4.01. The smallest absolute Gasteiger partial charge is 0.408 e.